The molecule has 0 aromatic heterocycles. The van der Waals surface area contributed by atoms with E-state index in [9.17, 15) is 14.7 Å². The van der Waals surface area contributed by atoms with Crippen molar-refractivity contribution < 1.29 is 24.2 Å². The lowest BCUT2D eigenvalue weighted by Crippen LogP contribution is -2.32. The number of hydrogen-bond acceptors (Lipinski definition) is 6. The quantitative estimate of drug-likeness (QED) is 0.206. The maximum Gasteiger partial charge on any atom is 0.295 e. The average Bonchev–Trinajstić information content (AvgIpc) is 3.11. The Kier molecular flexibility index (Phi) is 9.32. The number of rotatable bonds is 12. The largest absolute Gasteiger partial charge is 0.507 e. The molecule has 7 nitrogen and oxygen atoms in total. The van der Waals surface area contributed by atoms with Crippen LogP contribution in [0.4, 0.5) is 0 Å². The first-order valence-corrected chi connectivity index (χ1v) is 12.2. The predicted octanol–water partition coefficient (Wildman–Crippen LogP) is 4.64. The molecular formula is C28H36N2O5. The number of ether oxygens (including phenoxy) is 2. The third kappa shape index (κ3) is 6.42. The molecule has 1 aliphatic heterocycles. The fourth-order valence-corrected chi connectivity index (χ4v) is 4.23. The summed E-state index contributed by atoms with van der Waals surface area (Å²) in [6, 6.07) is 13.6. The van der Waals surface area contributed by atoms with Gasteiger partial charge in [-0.15, -0.1) is 0 Å². The molecule has 0 aliphatic carbocycles. The van der Waals surface area contributed by atoms with Gasteiger partial charge in [0, 0.05) is 12.1 Å². The molecule has 1 amide bonds. The third-order valence-electron chi connectivity index (χ3n) is 6.10. The number of hydrogen-bond donors (Lipinski definition) is 1. The minimum absolute atomic E-state index is 0.0877. The molecular weight excluding hydrogens is 444 g/mol. The zero-order valence-electron chi connectivity index (χ0n) is 21.1. The van der Waals surface area contributed by atoms with Crippen LogP contribution in [0.2, 0.25) is 0 Å². The molecule has 1 saturated heterocycles. The monoisotopic (exact) mass is 480 g/mol. The van der Waals surface area contributed by atoms with Crippen molar-refractivity contribution in [3.8, 4) is 11.5 Å². The zero-order chi connectivity index (χ0) is 25.4. The summed E-state index contributed by atoms with van der Waals surface area (Å²) < 4.78 is 11.1. The van der Waals surface area contributed by atoms with Crippen molar-refractivity contribution in [2.24, 2.45) is 0 Å². The Hall–Kier alpha value is -3.32. The van der Waals surface area contributed by atoms with Crippen molar-refractivity contribution >= 4 is 17.4 Å². The first-order chi connectivity index (χ1) is 16.9. The maximum absolute atomic E-state index is 13.2. The molecule has 1 fully saturated rings. The van der Waals surface area contributed by atoms with Crippen LogP contribution in [0.15, 0.2) is 54.1 Å². The van der Waals surface area contributed by atoms with Gasteiger partial charge in [0.25, 0.3) is 11.7 Å². The summed E-state index contributed by atoms with van der Waals surface area (Å²) in [5.74, 6) is -0.196. The number of likely N-dealkylation sites (tertiary alicyclic amines) is 1. The topological polar surface area (TPSA) is 79.3 Å². The van der Waals surface area contributed by atoms with Crippen LogP contribution in [0.1, 0.15) is 49.8 Å². The Morgan fingerprint density at radius 3 is 2.43 bits per heavy atom. The van der Waals surface area contributed by atoms with E-state index < -0.39 is 17.7 Å². The number of unbranched alkanes of at least 4 members (excludes halogenated alkanes) is 2. The van der Waals surface area contributed by atoms with E-state index in [1.165, 1.54) is 7.11 Å². The molecule has 2 aromatic carbocycles. The number of benzene rings is 2. The highest BCUT2D eigenvalue weighted by Gasteiger charge is 2.45. The molecule has 0 radical (unpaired) electrons. The second-order valence-electron chi connectivity index (χ2n) is 9.01. The van der Waals surface area contributed by atoms with Gasteiger partial charge in [0.2, 0.25) is 0 Å². The van der Waals surface area contributed by atoms with Gasteiger partial charge >= 0.3 is 0 Å². The van der Waals surface area contributed by atoms with Crippen molar-refractivity contribution in [1.82, 2.24) is 9.80 Å². The van der Waals surface area contributed by atoms with Crippen molar-refractivity contribution in [3.63, 3.8) is 0 Å². The molecule has 0 saturated carbocycles. The fraction of sp³-hybridized carbons (Fsp3) is 0.429. The molecule has 1 heterocycles. The van der Waals surface area contributed by atoms with E-state index in [0.29, 0.717) is 30.9 Å². The minimum atomic E-state index is -0.683. The second kappa shape index (κ2) is 12.4. The molecule has 0 bridgehead atoms. The Morgan fingerprint density at radius 1 is 1.03 bits per heavy atom. The fourth-order valence-electron chi connectivity index (χ4n) is 4.23. The maximum atomic E-state index is 13.2. The smallest absolute Gasteiger partial charge is 0.295 e. The second-order valence-corrected chi connectivity index (χ2v) is 9.01. The molecule has 3 rings (SSSR count). The number of ketones is 1. The Balaban J connectivity index is 1.98. The Morgan fingerprint density at radius 2 is 1.77 bits per heavy atom. The van der Waals surface area contributed by atoms with Crippen molar-refractivity contribution in [1.29, 1.82) is 0 Å². The number of methoxy groups -OCH3 is 1. The predicted molar refractivity (Wildman–Crippen MR) is 137 cm³/mol. The van der Waals surface area contributed by atoms with Crippen LogP contribution in [-0.2, 0) is 9.59 Å². The normalized spacial score (nSPS) is 17.3. The summed E-state index contributed by atoms with van der Waals surface area (Å²) in [6.07, 6.45) is 3.94. The molecule has 1 unspecified atom stereocenters. The zero-order valence-corrected chi connectivity index (χ0v) is 21.1. The van der Waals surface area contributed by atoms with Crippen LogP contribution in [0.25, 0.3) is 5.76 Å². The van der Waals surface area contributed by atoms with Gasteiger partial charge in [-0.1, -0.05) is 44.0 Å². The van der Waals surface area contributed by atoms with Crippen LogP contribution >= 0.6 is 0 Å². The van der Waals surface area contributed by atoms with Crippen molar-refractivity contribution in [2.45, 2.75) is 38.6 Å². The standard InChI is InChI=1S/C28H36N2O5/c1-5-6-7-18-35-22-14-12-20(13-15-22)25-24(26(31)21-10-8-11-23(19-21)34-4)27(32)28(33)30(25)17-9-16-29(2)3/h8,10-15,19,25,31H,5-7,9,16-18H2,1-4H3. The summed E-state index contributed by atoms with van der Waals surface area (Å²) in [4.78, 5) is 29.8. The molecule has 188 valence electrons. The van der Waals surface area contributed by atoms with E-state index in [4.69, 9.17) is 9.47 Å². The summed E-state index contributed by atoms with van der Waals surface area (Å²) in [7, 11) is 5.47. The number of nitrogens with zero attached hydrogens (tertiary/aromatic N) is 2. The average molecular weight is 481 g/mol. The number of Topliss-reactive ketones (excluding diaryl/α,β-unsaturated/α-hetero) is 1. The van der Waals surface area contributed by atoms with Crippen LogP contribution in [-0.4, -0.2) is 67.5 Å². The minimum Gasteiger partial charge on any atom is -0.507 e. The first kappa shape index (κ1) is 26.3. The van der Waals surface area contributed by atoms with Crippen LogP contribution in [0.3, 0.4) is 0 Å². The van der Waals surface area contributed by atoms with Gasteiger partial charge in [-0.3, -0.25) is 9.59 Å². The summed E-state index contributed by atoms with van der Waals surface area (Å²) >= 11 is 0. The SMILES string of the molecule is CCCCCOc1ccc(C2C(=C(O)c3cccc(OC)c3)C(=O)C(=O)N2CCCN(C)C)cc1. The number of aliphatic hydroxyl groups excluding tert-OH is 1. The third-order valence-corrected chi connectivity index (χ3v) is 6.10. The van der Waals surface area contributed by atoms with E-state index >= 15 is 0 Å². The van der Waals surface area contributed by atoms with Gasteiger partial charge in [-0.05, 0) is 63.3 Å². The molecule has 35 heavy (non-hydrogen) atoms. The van der Waals surface area contributed by atoms with Gasteiger partial charge in [0.1, 0.15) is 17.3 Å². The number of carbonyl (C=O) groups is 2. The number of amides is 1. The van der Waals surface area contributed by atoms with Crippen LogP contribution in [0, 0.1) is 0 Å². The van der Waals surface area contributed by atoms with Gasteiger partial charge < -0.3 is 24.4 Å². The molecule has 1 aliphatic rings. The van der Waals surface area contributed by atoms with Crippen molar-refractivity contribution in [2.75, 3.05) is 40.9 Å². The lowest BCUT2D eigenvalue weighted by atomic mass is 9.95. The van der Waals surface area contributed by atoms with Gasteiger partial charge in [-0.2, -0.15) is 0 Å². The van der Waals surface area contributed by atoms with E-state index in [-0.39, 0.29) is 11.3 Å². The van der Waals surface area contributed by atoms with E-state index in [2.05, 4.69) is 6.92 Å². The Bertz CT molecular complexity index is 1050. The highest BCUT2D eigenvalue weighted by Crippen LogP contribution is 2.40. The Labute approximate surface area is 207 Å². The van der Waals surface area contributed by atoms with Gasteiger partial charge in [-0.25, -0.2) is 0 Å². The molecule has 2 aromatic rings. The molecule has 1 N–H and O–H groups in total. The van der Waals surface area contributed by atoms with E-state index in [1.54, 1.807) is 29.2 Å². The van der Waals surface area contributed by atoms with Crippen molar-refractivity contribution in [3.05, 3.63) is 65.2 Å². The molecule has 7 heteroatoms. The van der Waals surface area contributed by atoms with Gasteiger partial charge in [0.15, 0.2) is 0 Å². The summed E-state index contributed by atoms with van der Waals surface area (Å²) in [5.41, 5.74) is 1.26. The summed E-state index contributed by atoms with van der Waals surface area (Å²) in [6.45, 7) is 3.97. The highest BCUT2D eigenvalue weighted by atomic mass is 16.5. The summed E-state index contributed by atoms with van der Waals surface area (Å²) in [5, 5.41) is 11.2. The highest BCUT2D eigenvalue weighted by molar-refractivity contribution is 6.46. The first-order valence-electron chi connectivity index (χ1n) is 12.2. The number of carbonyl (C=O) groups excluding carboxylic acids is 2. The van der Waals surface area contributed by atoms with E-state index in [1.807, 2.05) is 43.3 Å². The lowest BCUT2D eigenvalue weighted by Gasteiger charge is -2.26. The van der Waals surface area contributed by atoms with Crippen LogP contribution in [0.5, 0.6) is 11.5 Å². The number of aliphatic hydroxyl groups is 1. The molecule has 0 spiro atoms. The molecule has 1 atom stereocenters. The van der Waals surface area contributed by atoms with Crippen LogP contribution < -0.4 is 9.47 Å². The van der Waals surface area contributed by atoms with Gasteiger partial charge in [0.05, 0.1) is 25.3 Å². The van der Waals surface area contributed by atoms with E-state index in [0.717, 1.165) is 37.1 Å². The lowest BCUT2D eigenvalue weighted by molar-refractivity contribution is -0.139.